The average molecular weight is 246 g/mol. The Morgan fingerprint density at radius 2 is 2.11 bits per heavy atom. The van der Waals surface area contributed by atoms with E-state index in [0.29, 0.717) is 0 Å². The first-order valence-electron chi connectivity index (χ1n) is 6.61. The predicted molar refractivity (Wildman–Crippen MR) is 66.7 cm³/mol. The molecular weight excluding hydrogens is 228 g/mol. The van der Waals surface area contributed by atoms with E-state index < -0.39 is 0 Å². The van der Waals surface area contributed by atoms with E-state index >= 15 is 0 Å². The van der Waals surface area contributed by atoms with Gasteiger partial charge in [0.1, 0.15) is 6.10 Å². The van der Waals surface area contributed by atoms with E-state index in [4.69, 9.17) is 4.74 Å². The van der Waals surface area contributed by atoms with Crippen LogP contribution in [-0.4, -0.2) is 17.9 Å². The molecule has 3 heteroatoms. The lowest BCUT2D eigenvalue weighted by atomic mass is 9.79. The second-order valence-electron chi connectivity index (χ2n) is 5.85. The number of ether oxygens (including phenoxy) is 1. The molecule has 0 N–H and O–H groups in total. The summed E-state index contributed by atoms with van der Waals surface area (Å²) < 4.78 is 5.57. The van der Waals surface area contributed by atoms with Crippen LogP contribution >= 0.6 is 0 Å². The summed E-state index contributed by atoms with van der Waals surface area (Å²) in [6, 6.07) is 0. The van der Waals surface area contributed by atoms with Crippen molar-refractivity contribution in [2.24, 2.45) is 23.7 Å². The number of fused-ring (bicyclic) bond motifs is 3. The molecule has 5 atom stereocenters. The van der Waals surface area contributed by atoms with Gasteiger partial charge in [-0.2, -0.15) is 0 Å². The summed E-state index contributed by atoms with van der Waals surface area (Å²) in [6.45, 7) is 7.98. The van der Waals surface area contributed by atoms with Crippen LogP contribution in [-0.2, 0) is 14.3 Å². The van der Waals surface area contributed by atoms with Gasteiger partial charge in [0.05, 0.1) is 11.8 Å². The third-order valence-corrected chi connectivity index (χ3v) is 4.84. The number of ketones is 1. The van der Waals surface area contributed by atoms with Gasteiger partial charge in [0.2, 0.25) is 0 Å². The Hall–Kier alpha value is -1.38. The Bertz CT molecular complexity index is 474. The number of hydrogen-bond acceptors (Lipinski definition) is 3. The zero-order valence-corrected chi connectivity index (χ0v) is 10.8. The highest BCUT2D eigenvalue weighted by atomic mass is 16.6. The summed E-state index contributed by atoms with van der Waals surface area (Å²) in [5.74, 6) is 0.0928. The maximum Gasteiger partial charge on any atom is 0.309 e. The van der Waals surface area contributed by atoms with Gasteiger partial charge in [0, 0.05) is 11.8 Å². The van der Waals surface area contributed by atoms with Crippen LogP contribution in [0.4, 0.5) is 0 Å². The van der Waals surface area contributed by atoms with Crippen LogP contribution in [0.1, 0.15) is 26.7 Å². The maximum absolute atomic E-state index is 12.1. The molecule has 0 radical (unpaired) electrons. The Morgan fingerprint density at radius 1 is 1.39 bits per heavy atom. The van der Waals surface area contributed by atoms with Crippen molar-refractivity contribution in [1.82, 2.24) is 0 Å². The summed E-state index contributed by atoms with van der Waals surface area (Å²) in [5.41, 5.74) is 2.06. The summed E-state index contributed by atoms with van der Waals surface area (Å²) in [6.07, 6.45) is 3.32. The van der Waals surface area contributed by atoms with Gasteiger partial charge in [-0.1, -0.05) is 24.6 Å². The lowest BCUT2D eigenvalue weighted by Gasteiger charge is -2.26. The van der Waals surface area contributed by atoms with Gasteiger partial charge in [-0.25, -0.2) is 0 Å². The zero-order valence-electron chi connectivity index (χ0n) is 10.8. The fourth-order valence-electron chi connectivity index (χ4n) is 3.80. The van der Waals surface area contributed by atoms with Crippen molar-refractivity contribution in [3.8, 4) is 0 Å². The van der Waals surface area contributed by atoms with Crippen LogP contribution in [0.15, 0.2) is 23.8 Å². The average Bonchev–Trinajstić information content (AvgIpc) is 2.68. The molecule has 0 spiro atoms. The monoisotopic (exact) mass is 246 g/mol. The first kappa shape index (κ1) is 11.7. The van der Waals surface area contributed by atoms with E-state index in [1.54, 1.807) is 6.08 Å². The standard InChI is InChI=1S/C15H18O3/c1-7-4-5-10-9(3)15(17)18-14(10)13-8(2)6-11(16)12(7)13/h6,9-10,12-14H,1,4-5H2,2-3H3/t9-,10-,12+,13-,14-/m0/s1. The molecule has 0 aromatic carbocycles. The quantitative estimate of drug-likeness (QED) is 0.486. The second kappa shape index (κ2) is 3.81. The fraction of sp³-hybridized carbons (Fsp3) is 0.600. The minimum atomic E-state index is -0.155. The van der Waals surface area contributed by atoms with Crippen molar-refractivity contribution >= 4 is 11.8 Å². The molecule has 2 aliphatic carbocycles. The van der Waals surface area contributed by atoms with Crippen molar-refractivity contribution in [2.75, 3.05) is 0 Å². The lowest BCUT2D eigenvalue weighted by molar-refractivity contribution is -0.146. The maximum atomic E-state index is 12.1. The SMILES string of the molecule is C=C1CC[C@@H]2[C@H](OC(=O)[C@H]2C)[C@H]2C(C)=CC(=O)[C@@H]12. The van der Waals surface area contributed by atoms with Crippen molar-refractivity contribution in [2.45, 2.75) is 32.8 Å². The highest BCUT2D eigenvalue weighted by molar-refractivity contribution is 5.98. The Morgan fingerprint density at radius 3 is 2.83 bits per heavy atom. The van der Waals surface area contributed by atoms with E-state index in [1.807, 2.05) is 13.8 Å². The van der Waals surface area contributed by atoms with Gasteiger partial charge < -0.3 is 4.74 Å². The predicted octanol–water partition coefficient (Wildman–Crippen LogP) is 2.28. The number of carbonyl (C=O) groups is 2. The van der Waals surface area contributed by atoms with Crippen molar-refractivity contribution in [1.29, 1.82) is 0 Å². The Labute approximate surface area is 107 Å². The van der Waals surface area contributed by atoms with Crippen LogP contribution in [0.25, 0.3) is 0 Å². The van der Waals surface area contributed by atoms with Gasteiger partial charge >= 0.3 is 5.97 Å². The molecule has 1 aliphatic heterocycles. The van der Waals surface area contributed by atoms with Crippen LogP contribution in [0.2, 0.25) is 0 Å². The molecule has 18 heavy (non-hydrogen) atoms. The molecule has 96 valence electrons. The third-order valence-electron chi connectivity index (χ3n) is 4.84. The molecule has 0 amide bonds. The smallest absolute Gasteiger partial charge is 0.309 e. The number of esters is 1. The third kappa shape index (κ3) is 1.43. The molecule has 2 fully saturated rings. The Balaban J connectivity index is 2.02. The normalized spacial score (nSPS) is 43.1. The van der Waals surface area contributed by atoms with E-state index in [0.717, 1.165) is 24.0 Å². The topological polar surface area (TPSA) is 43.4 Å². The molecule has 1 heterocycles. The number of hydrogen-bond donors (Lipinski definition) is 0. The van der Waals surface area contributed by atoms with Gasteiger partial charge in [-0.3, -0.25) is 9.59 Å². The van der Waals surface area contributed by atoms with Gasteiger partial charge in [0.15, 0.2) is 5.78 Å². The van der Waals surface area contributed by atoms with Gasteiger partial charge in [0.25, 0.3) is 0 Å². The molecule has 3 aliphatic rings. The highest BCUT2D eigenvalue weighted by Gasteiger charge is 2.53. The first-order chi connectivity index (χ1) is 8.50. The largest absolute Gasteiger partial charge is 0.461 e. The van der Waals surface area contributed by atoms with Crippen molar-refractivity contribution in [3.05, 3.63) is 23.8 Å². The zero-order chi connectivity index (χ0) is 13.0. The molecule has 0 bridgehead atoms. The summed E-state index contributed by atoms with van der Waals surface area (Å²) in [7, 11) is 0. The molecule has 3 nitrogen and oxygen atoms in total. The molecule has 3 rings (SSSR count). The molecule has 1 saturated carbocycles. The molecule has 0 unspecified atom stereocenters. The van der Waals surface area contributed by atoms with Crippen molar-refractivity contribution in [3.63, 3.8) is 0 Å². The van der Waals surface area contributed by atoms with Crippen LogP contribution in [0.5, 0.6) is 0 Å². The second-order valence-corrected chi connectivity index (χ2v) is 5.85. The lowest BCUT2D eigenvalue weighted by Crippen LogP contribution is -2.31. The van der Waals surface area contributed by atoms with Crippen LogP contribution < -0.4 is 0 Å². The number of allylic oxidation sites excluding steroid dienone is 2. The summed E-state index contributed by atoms with van der Waals surface area (Å²) in [5, 5.41) is 0. The van der Waals surface area contributed by atoms with Crippen LogP contribution in [0, 0.1) is 23.7 Å². The minimum Gasteiger partial charge on any atom is -0.461 e. The molecule has 1 saturated heterocycles. The van der Waals surface area contributed by atoms with Crippen LogP contribution in [0.3, 0.4) is 0 Å². The highest BCUT2D eigenvalue weighted by Crippen LogP contribution is 2.49. The first-order valence-corrected chi connectivity index (χ1v) is 6.61. The summed E-state index contributed by atoms with van der Waals surface area (Å²) >= 11 is 0. The number of rotatable bonds is 0. The van der Waals surface area contributed by atoms with Gasteiger partial charge in [-0.15, -0.1) is 0 Å². The van der Waals surface area contributed by atoms with E-state index in [-0.39, 0.29) is 41.5 Å². The van der Waals surface area contributed by atoms with Gasteiger partial charge in [-0.05, 0) is 25.8 Å². The Kier molecular flexibility index (Phi) is 2.47. The summed E-state index contributed by atoms with van der Waals surface area (Å²) in [4.78, 5) is 23.8. The molecular formula is C15H18O3. The fourth-order valence-corrected chi connectivity index (χ4v) is 3.80. The van der Waals surface area contributed by atoms with E-state index in [2.05, 4.69) is 6.58 Å². The minimum absolute atomic E-state index is 0.0337. The molecule has 0 aromatic rings. The molecule has 0 aromatic heterocycles. The van der Waals surface area contributed by atoms with E-state index in [1.165, 1.54) is 0 Å². The van der Waals surface area contributed by atoms with E-state index in [9.17, 15) is 9.59 Å². The number of carbonyl (C=O) groups excluding carboxylic acids is 2. The van der Waals surface area contributed by atoms with Crippen molar-refractivity contribution < 1.29 is 14.3 Å².